The summed E-state index contributed by atoms with van der Waals surface area (Å²) in [5.41, 5.74) is 1.89. The molecule has 0 aliphatic rings. The van der Waals surface area contributed by atoms with Crippen LogP contribution in [-0.2, 0) is 0 Å². The Bertz CT molecular complexity index is 382. The van der Waals surface area contributed by atoms with E-state index in [0.717, 1.165) is 24.1 Å². The van der Waals surface area contributed by atoms with Gasteiger partial charge in [0.25, 0.3) is 5.91 Å². The smallest absolute Gasteiger partial charge is 0.251 e. The minimum atomic E-state index is -0.969. The van der Waals surface area contributed by atoms with Crippen molar-refractivity contribution in [1.82, 2.24) is 5.32 Å². The van der Waals surface area contributed by atoms with Crippen LogP contribution in [0.2, 0.25) is 25.7 Å². The highest BCUT2D eigenvalue weighted by Gasteiger charge is 2.12. The maximum absolute atomic E-state index is 11.8. The highest BCUT2D eigenvalue weighted by atomic mass is 28.3. The highest BCUT2D eigenvalue weighted by Crippen LogP contribution is 2.10. The van der Waals surface area contributed by atoms with Crippen LogP contribution in [0.4, 0.5) is 0 Å². The molecule has 0 saturated heterocycles. The molecular weight excluding hydrogens is 226 g/mol. The van der Waals surface area contributed by atoms with Gasteiger partial charge in [-0.15, -0.1) is 0 Å². The van der Waals surface area contributed by atoms with Crippen LogP contribution < -0.4 is 5.32 Å². The lowest BCUT2D eigenvalue weighted by Gasteiger charge is -2.15. The fourth-order valence-corrected chi connectivity index (χ4v) is 2.95. The van der Waals surface area contributed by atoms with E-state index in [2.05, 4.69) is 25.0 Å². The van der Waals surface area contributed by atoms with E-state index >= 15 is 0 Å². The Balaban J connectivity index is 2.36. The third-order valence-electron chi connectivity index (χ3n) is 2.67. The van der Waals surface area contributed by atoms with Gasteiger partial charge in [0.1, 0.15) is 0 Å². The number of benzene rings is 1. The molecule has 1 aromatic rings. The number of rotatable bonds is 5. The van der Waals surface area contributed by atoms with E-state index in [1.54, 1.807) is 0 Å². The molecule has 94 valence electrons. The molecule has 17 heavy (non-hydrogen) atoms. The number of hydrogen-bond donors (Lipinski definition) is 1. The van der Waals surface area contributed by atoms with Crippen LogP contribution in [-0.4, -0.2) is 20.5 Å². The van der Waals surface area contributed by atoms with Crippen LogP contribution in [0.1, 0.15) is 22.3 Å². The Morgan fingerprint density at radius 1 is 1.29 bits per heavy atom. The fraction of sp³-hybridized carbons (Fsp3) is 0.500. The van der Waals surface area contributed by atoms with E-state index < -0.39 is 8.07 Å². The summed E-state index contributed by atoms with van der Waals surface area (Å²) in [5, 5.41) is 2.98. The van der Waals surface area contributed by atoms with Crippen molar-refractivity contribution in [1.29, 1.82) is 0 Å². The van der Waals surface area contributed by atoms with Gasteiger partial charge in [0.15, 0.2) is 0 Å². The van der Waals surface area contributed by atoms with Crippen LogP contribution >= 0.6 is 0 Å². The van der Waals surface area contributed by atoms with E-state index in [4.69, 9.17) is 0 Å². The Hall–Kier alpha value is -1.09. The Morgan fingerprint density at radius 3 is 2.59 bits per heavy atom. The molecule has 0 radical (unpaired) electrons. The molecule has 0 atom stereocenters. The number of nitrogens with one attached hydrogen (secondary N) is 1. The summed E-state index contributed by atoms with van der Waals surface area (Å²) in [6.07, 6.45) is 1.09. The monoisotopic (exact) mass is 249 g/mol. The Kier molecular flexibility index (Phi) is 4.94. The molecule has 0 spiro atoms. The maximum Gasteiger partial charge on any atom is 0.251 e. The minimum Gasteiger partial charge on any atom is -0.352 e. The van der Waals surface area contributed by atoms with Crippen molar-refractivity contribution >= 4 is 14.0 Å². The van der Waals surface area contributed by atoms with Crippen molar-refractivity contribution in [3.8, 4) is 0 Å². The third kappa shape index (κ3) is 5.68. The molecular formula is C14H23NOSi. The van der Waals surface area contributed by atoms with Gasteiger partial charge >= 0.3 is 0 Å². The quantitative estimate of drug-likeness (QED) is 0.628. The van der Waals surface area contributed by atoms with Gasteiger partial charge in [-0.3, -0.25) is 4.79 Å². The Labute approximate surface area is 105 Å². The number of amides is 1. The van der Waals surface area contributed by atoms with Crippen molar-refractivity contribution in [2.75, 3.05) is 6.54 Å². The second-order valence-corrected chi connectivity index (χ2v) is 11.4. The molecule has 1 N–H and O–H groups in total. The van der Waals surface area contributed by atoms with Crippen LogP contribution in [0.5, 0.6) is 0 Å². The molecule has 1 amide bonds. The van der Waals surface area contributed by atoms with Gasteiger partial charge in [-0.2, -0.15) is 0 Å². The summed E-state index contributed by atoms with van der Waals surface area (Å²) < 4.78 is 0. The fourth-order valence-electron chi connectivity index (χ4n) is 1.71. The standard InChI is InChI=1S/C14H23NOSi/c1-12-7-5-8-13(11-12)14(16)15-9-6-10-17(2,3)4/h5,7-8,11H,6,9-10H2,1-4H3,(H,15,16). The molecule has 0 aliphatic carbocycles. The summed E-state index contributed by atoms with van der Waals surface area (Å²) in [5.74, 6) is 0.0456. The van der Waals surface area contributed by atoms with E-state index in [9.17, 15) is 4.79 Å². The van der Waals surface area contributed by atoms with Crippen LogP contribution in [0.25, 0.3) is 0 Å². The van der Waals surface area contributed by atoms with E-state index in [1.165, 1.54) is 6.04 Å². The van der Waals surface area contributed by atoms with Crippen molar-refractivity contribution in [3.63, 3.8) is 0 Å². The molecule has 1 rings (SSSR count). The molecule has 0 aliphatic heterocycles. The molecule has 0 unspecified atom stereocenters. The van der Waals surface area contributed by atoms with Crippen LogP contribution in [0.3, 0.4) is 0 Å². The predicted octanol–water partition coefficient (Wildman–Crippen LogP) is 3.45. The van der Waals surface area contributed by atoms with E-state index in [-0.39, 0.29) is 5.91 Å². The number of aryl methyl sites for hydroxylation is 1. The molecule has 0 bridgehead atoms. The van der Waals surface area contributed by atoms with Gasteiger partial charge in [0.2, 0.25) is 0 Å². The second-order valence-electron chi connectivity index (χ2n) is 5.79. The van der Waals surface area contributed by atoms with Crippen LogP contribution in [0.15, 0.2) is 24.3 Å². The molecule has 1 aromatic carbocycles. The molecule has 0 aromatic heterocycles. The number of carbonyl (C=O) groups is 1. The highest BCUT2D eigenvalue weighted by molar-refractivity contribution is 6.76. The van der Waals surface area contributed by atoms with Crippen molar-refractivity contribution in [3.05, 3.63) is 35.4 Å². The first-order chi connectivity index (χ1) is 7.88. The topological polar surface area (TPSA) is 29.1 Å². The lowest BCUT2D eigenvalue weighted by molar-refractivity contribution is 0.0953. The zero-order chi connectivity index (χ0) is 12.9. The van der Waals surface area contributed by atoms with Crippen LogP contribution in [0, 0.1) is 6.92 Å². The van der Waals surface area contributed by atoms with E-state index in [0.29, 0.717) is 0 Å². The third-order valence-corrected chi connectivity index (χ3v) is 4.52. The van der Waals surface area contributed by atoms with Gasteiger partial charge < -0.3 is 5.32 Å². The summed E-state index contributed by atoms with van der Waals surface area (Å²) in [6, 6.07) is 8.98. The molecule has 0 saturated carbocycles. The zero-order valence-electron chi connectivity index (χ0n) is 11.3. The van der Waals surface area contributed by atoms with Crippen molar-refractivity contribution in [2.45, 2.75) is 39.0 Å². The zero-order valence-corrected chi connectivity index (χ0v) is 12.3. The van der Waals surface area contributed by atoms with Gasteiger partial charge in [-0.05, 0) is 25.5 Å². The molecule has 3 heteroatoms. The second kappa shape index (κ2) is 6.01. The summed E-state index contributed by atoms with van der Waals surface area (Å²) in [6.45, 7) is 9.86. The first-order valence-electron chi connectivity index (χ1n) is 6.23. The first kappa shape index (κ1) is 14.0. The number of hydrogen-bond acceptors (Lipinski definition) is 1. The van der Waals surface area contributed by atoms with Crippen molar-refractivity contribution < 1.29 is 4.79 Å². The number of carbonyl (C=O) groups excluding carboxylic acids is 1. The normalized spacial score (nSPS) is 11.3. The molecule has 2 nitrogen and oxygen atoms in total. The maximum atomic E-state index is 11.8. The molecule has 0 fully saturated rings. The first-order valence-corrected chi connectivity index (χ1v) is 9.94. The minimum absolute atomic E-state index is 0.0456. The van der Waals surface area contributed by atoms with Gasteiger partial charge in [-0.25, -0.2) is 0 Å². The average molecular weight is 249 g/mol. The van der Waals surface area contributed by atoms with E-state index in [1.807, 2.05) is 31.2 Å². The largest absolute Gasteiger partial charge is 0.352 e. The lowest BCUT2D eigenvalue weighted by Crippen LogP contribution is -2.27. The average Bonchev–Trinajstić information content (AvgIpc) is 2.23. The summed E-state index contributed by atoms with van der Waals surface area (Å²) in [4.78, 5) is 11.8. The summed E-state index contributed by atoms with van der Waals surface area (Å²) >= 11 is 0. The van der Waals surface area contributed by atoms with Gasteiger partial charge in [-0.1, -0.05) is 43.4 Å². The Morgan fingerprint density at radius 2 is 2.00 bits per heavy atom. The lowest BCUT2D eigenvalue weighted by atomic mass is 10.1. The predicted molar refractivity (Wildman–Crippen MR) is 76.3 cm³/mol. The molecule has 0 heterocycles. The van der Waals surface area contributed by atoms with Gasteiger partial charge in [0, 0.05) is 20.2 Å². The van der Waals surface area contributed by atoms with Crippen molar-refractivity contribution in [2.24, 2.45) is 0 Å². The van der Waals surface area contributed by atoms with Gasteiger partial charge in [0.05, 0.1) is 0 Å². The summed E-state index contributed by atoms with van der Waals surface area (Å²) in [7, 11) is -0.969. The SMILES string of the molecule is Cc1cccc(C(=O)NCCC[Si](C)(C)C)c1.